The lowest BCUT2D eigenvalue weighted by Gasteiger charge is -2.54. The number of hydrogen-bond donors (Lipinski definition) is 2. The molecular weight excluding hydrogens is 417 g/mol. The van der Waals surface area contributed by atoms with E-state index in [0.717, 1.165) is 31.3 Å². The summed E-state index contributed by atoms with van der Waals surface area (Å²) in [4.78, 5) is 4.37. The minimum atomic E-state index is 0. The number of ether oxygens (including phenoxy) is 2. The third-order valence-electron chi connectivity index (χ3n) is 5.24. The van der Waals surface area contributed by atoms with Gasteiger partial charge in [-0.3, -0.25) is 4.99 Å². The van der Waals surface area contributed by atoms with E-state index >= 15 is 0 Å². The van der Waals surface area contributed by atoms with E-state index in [4.69, 9.17) is 9.47 Å². The quantitative estimate of drug-likeness (QED) is 0.425. The van der Waals surface area contributed by atoms with Crippen molar-refractivity contribution in [2.24, 2.45) is 16.3 Å². The molecule has 2 aliphatic rings. The number of nitrogens with zero attached hydrogens (tertiary/aromatic N) is 1. The summed E-state index contributed by atoms with van der Waals surface area (Å²) in [5, 5.41) is 6.99. The maximum absolute atomic E-state index is 5.85. The Kier molecular flexibility index (Phi) is 6.36. The number of halogens is 1. The molecule has 0 amide bonds. The van der Waals surface area contributed by atoms with E-state index in [-0.39, 0.29) is 29.4 Å². The molecule has 1 aromatic carbocycles. The largest absolute Gasteiger partial charge is 0.497 e. The van der Waals surface area contributed by atoms with Crippen molar-refractivity contribution in [1.82, 2.24) is 10.6 Å². The van der Waals surface area contributed by atoms with Crippen LogP contribution in [0.1, 0.15) is 25.8 Å². The van der Waals surface area contributed by atoms with E-state index in [1.807, 2.05) is 19.2 Å². The highest BCUT2D eigenvalue weighted by molar-refractivity contribution is 14.0. The molecule has 0 aromatic heterocycles. The van der Waals surface area contributed by atoms with Gasteiger partial charge in [-0.2, -0.15) is 0 Å². The minimum Gasteiger partial charge on any atom is -0.497 e. The zero-order chi connectivity index (χ0) is 16.4. The Morgan fingerprint density at radius 3 is 2.67 bits per heavy atom. The van der Waals surface area contributed by atoms with E-state index in [9.17, 15) is 0 Å². The van der Waals surface area contributed by atoms with Crippen LogP contribution in [0.5, 0.6) is 5.75 Å². The lowest BCUT2D eigenvalue weighted by Crippen LogP contribution is -2.67. The van der Waals surface area contributed by atoms with Gasteiger partial charge in [0.2, 0.25) is 0 Å². The van der Waals surface area contributed by atoms with Gasteiger partial charge in [0.05, 0.1) is 13.2 Å². The molecule has 24 heavy (non-hydrogen) atoms. The van der Waals surface area contributed by atoms with Crippen molar-refractivity contribution < 1.29 is 9.47 Å². The molecule has 3 unspecified atom stereocenters. The average molecular weight is 445 g/mol. The van der Waals surface area contributed by atoms with Gasteiger partial charge < -0.3 is 20.1 Å². The minimum absolute atomic E-state index is 0. The Morgan fingerprint density at radius 2 is 2.04 bits per heavy atom. The van der Waals surface area contributed by atoms with Crippen molar-refractivity contribution in [3.63, 3.8) is 0 Å². The van der Waals surface area contributed by atoms with Crippen LogP contribution in [0.2, 0.25) is 0 Å². The molecule has 1 aromatic rings. The Hall–Kier alpha value is -1.02. The highest BCUT2D eigenvalue weighted by Crippen LogP contribution is 2.52. The maximum Gasteiger partial charge on any atom is 0.191 e. The normalized spacial score (nSPS) is 27.5. The first-order valence-corrected chi connectivity index (χ1v) is 8.28. The molecule has 1 saturated carbocycles. The number of nitrogens with one attached hydrogen (secondary N) is 2. The second kappa shape index (κ2) is 7.91. The SMILES string of the molecule is CN=C(NCc1ccc(OC)cc1)NC1C2CCOC2C1(C)C.I. The highest BCUT2D eigenvalue weighted by atomic mass is 127. The number of guanidine groups is 1. The number of hydrogen-bond acceptors (Lipinski definition) is 3. The van der Waals surface area contributed by atoms with Crippen LogP contribution in [0.15, 0.2) is 29.3 Å². The third-order valence-corrected chi connectivity index (χ3v) is 5.24. The summed E-state index contributed by atoms with van der Waals surface area (Å²) in [5.41, 5.74) is 1.35. The average Bonchev–Trinajstić information content (AvgIpc) is 3.02. The standard InChI is InChI=1S/C18H27N3O2.HI/c1-18(2)15(14-9-10-23-16(14)18)21-17(19-3)20-11-12-5-7-13(22-4)8-6-12;/h5-8,14-16H,9-11H2,1-4H3,(H2,19,20,21);1H. The van der Waals surface area contributed by atoms with Crippen LogP contribution in [-0.4, -0.2) is 38.9 Å². The van der Waals surface area contributed by atoms with Gasteiger partial charge in [0.1, 0.15) is 5.75 Å². The topological polar surface area (TPSA) is 54.9 Å². The Bertz CT molecular complexity index is 574. The van der Waals surface area contributed by atoms with Crippen LogP contribution in [0.4, 0.5) is 0 Å². The Morgan fingerprint density at radius 1 is 1.33 bits per heavy atom. The summed E-state index contributed by atoms with van der Waals surface area (Å²) in [6.45, 7) is 6.16. The van der Waals surface area contributed by atoms with Gasteiger partial charge in [-0.1, -0.05) is 26.0 Å². The number of aliphatic imine (C=N–C) groups is 1. The van der Waals surface area contributed by atoms with Gasteiger partial charge in [-0.05, 0) is 24.1 Å². The first-order valence-electron chi connectivity index (χ1n) is 8.28. The molecule has 0 spiro atoms. The van der Waals surface area contributed by atoms with Gasteiger partial charge in [-0.25, -0.2) is 0 Å². The first-order chi connectivity index (χ1) is 11.1. The lowest BCUT2D eigenvalue weighted by molar-refractivity contribution is -0.106. The van der Waals surface area contributed by atoms with Gasteiger partial charge in [-0.15, -0.1) is 24.0 Å². The summed E-state index contributed by atoms with van der Waals surface area (Å²) in [5.74, 6) is 2.33. The van der Waals surface area contributed by atoms with Crippen LogP contribution in [0.25, 0.3) is 0 Å². The smallest absolute Gasteiger partial charge is 0.191 e. The predicted molar refractivity (Wildman–Crippen MR) is 107 cm³/mol. The molecule has 1 aliphatic carbocycles. The van der Waals surface area contributed by atoms with Crippen molar-refractivity contribution in [2.75, 3.05) is 20.8 Å². The zero-order valence-electron chi connectivity index (χ0n) is 14.8. The molecule has 5 nitrogen and oxygen atoms in total. The third kappa shape index (κ3) is 3.64. The van der Waals surface area contributed by atoms with Crippen LogP contribution in [0.3, 0.4) is 0 Å². The fourth-order valence-electron chi connectivity index (χ4n) is 3.89. The molecule has 2 N–H and O–H groups in total. The molecule has 0 radical (unpaired) electrons. The van der Waals surface area contributed by atoms with E-state index in [1.165, 1.54) is 5.56 Å². The lowest BCUT2D eigenvalue weighted by atomic mass is 9.57. The molecule has 3 atom stereocenters. The molecule has 1 aliphatic heterocycles. The first kappa shape index (κ1) is 19.3. The molecule has 3 rings (SSSR count). The summed E-state index contributed by atoms with van der Waals surface area (Å²) < 4.78 is 11.0. The van der Waals surface area contributed by atoms with Crippen molar-refractivity contribution >= 4 is 29.9 Å². The van der Waals surface area contributed by atoms with Gasteiger partial charge in [0.15, 0.2) is 5.96 Å². The van der Waals surface area contributed by atoms with Crippen molar-refractivity contribution in [2.45, 2.75) is 39.0 Å². The summed E-state index contributed by atoms with van der Waals surface area (Å²) >= 11 is 0. The number of fused-ring (bicyclic) bond motifs is 1. The molecule has 1 heterocycles. The van der Waals surface area contributed by atoms with Crippen LogP contribution in [0, 0.1) is 11.3 Å². The van der Waals surface area contributed by atoms with Gasteiger partial charge in [0.25, 0.3) is 0 Å². The van der Waals surface area contributed by atoms with Crippen molar-refractivity contribution in [3.8, 4) is 5.75 Å². The van der Waals surface area contributed by atoms with Gasteiger partial charge in [0, 0.05) is 37.6 Å². The molecular formula is C18H28IN3O2. The van der Waals surface area contributed by atoms with E-state index in [2.05, 4.69) is 41.6 Å². The predicted octanol–water partition coefficient (Wildman–Crippen LogP) is 2.79. The molecule has 2 fully saturated rings. The number of rotatable bonds is 4. The molecule has 6 heteroatoms. The Labute approximate surface area is 161 Å². The van der Waals surface area contributed by atoms with Crippen LogP contribution >= 0.6 is 24.0 Å². The van der Waals surface area contributed by atoms with Crippen LogP contribution < -0.4 is 15.4 Å². The number of benzene rings is 1. The van der Waals surface area contributed by atoms with Crippen LogP contribution in [-0.2, 0) is 11.3 Å². The summed E-state index contributed by atoms with van der Waals surface area (Å²) in [6.07, 6.45) is 1.53. The van der Waals surface area contributed by atoms with Crippen molar-refractivity contribution in [3.05, 3.63) is 29.8 Å². The number of methoxy groups -OCH3 is 1. The monoisotopic (exact) mass is 445 g/mol. The maximum atomic E-state index is 5.85. The van der Waals surface area contributed by atoms with Gasteiger partial charge >= 0.3 is 0 Å². The molecule has 134 valence electrons. The summed E-state index contributed by atoms with van der Waals surface area (Å²) in [7, 11) is 3.50. The van der Waals surface area contributed by atoms with E-state index in [0.29, 0.717) is 18.1 Å². The van der Waals surface area contributed by atoms with E-state index < -0.39 is 0 Å². The Balaban J connectivity index is 0.00000208. The second-order valence-electron chi connectivity index (χ2n) is 6.96. The molecule has 0 bridgehead atoms. The fourth-order valence-corrected chi connectivity index (χ4v) is 3.89. The highest BCUT2D eigenvalue weighted by Gasteiger charge is 2.59. The summed E-state index contributed by atoms with van der Waals surface area (Å²) in [6, 6.07) is 8.49. The molecule has 1 saturated heterocycles. The second-order valence-corrected chi connectivity index (χ2v) is 6.96. The van der Waals surface area contributed by atoms with E-state index in [1.54, 1.807) is 7.11 Å². The van der Waals surface area contributed by atoms with Crippen molar-refractivity contribution in [1.29, 1.82) is 0 Å². The fraction of sp³-hybridized carbons (Fsp3) is 0.611. The zero-order valence-corrected chi connectivity index (χ0v) is 17.2.